The minimum absolute atomic E-state index is 0.137. The third-order valence-electron chi connectivity index (χ3n) is 6.71. The van der Waals surface area contributed by atoms with Crippen LogP contribution < -0.4 is 25.0 Å². The highest BCUT2D eigenvalue weighted by atomic mass is 32.2. The highest BCUT2D eigenvalue weighted by Gasteiger charge is 2.25. The first-order chi connectivity index (χ1) is 18.6. The van der Waals surface area contributed by atoms with Crippen LogP contribution >= 0.6 is 0 Å². The van der Waals surface area contributed by atoms with Crippen molar-refractivity contribution in [1.29, 1.82) is 0 Å². The predicted octanol–water partition coefficient (Wildman–Crippen LogP) is 4.36. The van der Waals surface area contributed by atoms with Gasteiger partial charge in [0.2, 0.25) is 16.0 Å². The van der Waals surface area contributed by atoms with Gasteiger partial charge in [-0.1, -0.05) is 26.0 Å². The molecule has 1 aliphatic heterocycles. The van der Waals surface area contributed by atoms with Crippen LogP contribution in [0.3, 0.4) is 0 Å². The van der Waals surface area contributed by atoms with E-state index < -0.39 is 10.0 Å². The standard InChI is InChI=1S/C28H39N7O3S/c1-19(2)18-38-25-15-21(35-14-13-22(17-35)34(5)6)11-12-23(25)32-28-30-16-20(3)27(33-28)31-24-9-7-8-10-26(24)39(36,37)29-4/h7-12,15-16,19,22,29H,13-14,17-18H2,1-6H3,(H2,30,31,32,33)/t22-/m0/s1. The number of aryl methyl sites for hydroxylation is 1. The van der Waals surface area contributed by atoms with Gasteiger partial charge in [0.25, 0.3) is 0 Å². The lowest BCUT2D eigenvalue weighted by Gasteiger charge is -2.23. The number of para-hydroxylation sites is 1. The van der Waals surface area contributed by atoms with Crippen molar-refractivity contribution in [3.8, 4) is 5.75 Å². The number of sulfonamides is 1. The molecule has 210 valence electrons. The van der Waals surface area contributed by atoms with E-state index in [1.165, 1.54) is 7.05 Å². The van der Waals surface area contributed by atoms with Crippen LogP contribution in [0.15, 0.2) is 53.6 Å². The van der Waals surface area contributed by atoms with Gasteiger partial charge in [-0.05, 0) is 64.7 Å². The minimum Gasteiger partial charge on any atom is -0.491 e. The summed E-state index contributed by atoms with van der Waals surface area (Å²) in [6.45, 7) is 8.66. The van der Waals surface area contributed by atoms with E-state index in [4.69, 9.17) is 4.74 Å². The molecule has 1 aliphatic rings. The second kappa shape index (κ2) is 12.2. The van der Waals surface area contributed by atoms with E-state index in [2.05, 4.69) is 75.2 Å². The van der Waals surface area contributed by atoms with Crippen molar-refractivity contribution in [1.82, 2.24) is 19.6 Å². The first-order valence-electron chi connectivity index (χ1n) is 13.2. The van der Waals surface area contributed by atoms with E-state index >= 15 is 0 Å². The van der Waals surface area contributed by atoms with Gasteiger partial charge in [-0.2, -0.15) is 4.98 Å². The summed E-state index contributed by atoms with van der Waals surface area (Å²) in [5.74, 6) is 1.97. The number of rotatable bonds is 11. The summed E-state index contributed by atoms with van der Waals surface area (Å²) in [5.41, 5.74) is 3.08. The summed E-state index contributed by atoms with van der Waals surface area (Å²) < 4.78 is 33.6. The lowest BCUT2D eigenvalue weighted by Crippen LogP contribution is -2.31. The van der Waals surface area contributed by atoms with E-state index in [0.29, 0.717) is 36.0 Å². The lowest BCUT2D eigenvalue weighted by molar-refractivity contribution is 0.272. The molecule has 2 aromatic carbocycles. The first kappa shape index (κ1) is 28.6. The van der Waals surface area contributed by atoms with Gasteiger partial charge < -0.3 is 25.2 Å². The van der Waals surface area contributed by atoms with Crippen molar-refractivity contribution in [2.45, 2.75) is 38.1 Å². The van der Waals surface area contributed by atoms with Crippen LogP contribution in [0.4, 0.5) is 28.8 Å². The van der Waals surface area contributed by atoms with Gasteiger partial charge >= 0.3 is 0 Å². The van der Waals surface area contributed by atoms with Crippen LogP contribution in [-0.2, 0) is 10.0 Å². The van der Waals surface area contributed by atoms with E-state index in [1.807, 2.05) is 13.0 Å². The van der Waals surface area contributed by atoms with E-state index in [1.54, 1.807) is 30.5 Å². The number of hydrogen-bond acceptors (Lipinski definition) is 9. The van der Waals surface area contributed by atoms with E-state index in [0.717, 1.165) is 42.2 Å². The van der Waals surface area contributed by atoms with Crippen molar-refractivity contribution in [2.75, 3.05) is 56.4 Å². The Kier molecular flexibility index (Phi) is 8.94. The first-order valence-corrected chi connectivity index (χ1v) is 14.6. The van der Waals surface area contributed by atoms with Crippen molar-refractivity contribution in [3.05, 3.63) is 54.2 Å². The topological polar surface area (TPSA) is 112 Å². The molecule has 0 amide bonds. The summed E-state index contributed by atoms with van der Waals surface area (Å²) in [7, 11) is 1.99. The molecule has 1 fully saturated rings. The molecule has 0 radical (unpaired) electrons. The number of nitrogens with one attached hydrogen (secondary N) is 3. The normalized spacial score (nSPS) is 15.7. The second-order valence-electron chi connectivity index (χ2n) is 10.4. The minimum atomic E-state index is -3.65. The summed E-state index contributed by atoms with van der Waals surface area (Å²) in [6.07, 6.45) is 2.82. The smallest absolute Gasteiger partial charge is 0.242 e. The molecular formula is C28H39N7O3S. The van der Waals surface area contributed by atoms with Crippen molar-refractivity contribution in [2.24, 2.45) is 5.92 Å². The van der Waals surface area contributed by atoms with Gasteiger partial charge in [0.1, 0.15) is 16.5 Å². The summed E-state index contributed by atoms with van der Waals surface area (Å²) in [5, 5.41) is 6.48. The average molecular weight is 554 g/mol. The van der Waals surface area contributed by atoms with Crippen LogP contribution in [0, 0.1) is 12.8 Å². The third-order valence-corrected chi connectivity index (χ3v) is 8.19. The SMILES string of the molecule is CNS(=O)(=O)c1ccccc1Nc1nc(Nc2ccc(N3CC[C@H](N(C)C)C3)cc2OCC(C)C)ncc1C. The number of anilines is 5. The Balaban J connectivity index is 1.60. The third kappa shape index (κ3) is 6.97. The summed E-state index contributed by atoms with van der Waals surface area (Å²) in [4.78, 5) is 13.9. The summed E-state index contributed by atoms with van der Waals surface area (Å²) >= 11 is 0. The zero-order chi connectivity index (χ0) is 28.2. The Hall–Kier alpha value is -3.41. The van der Waals surface area contributed by atoms with Crippen molar-refractivity contribution < 1.29 is 13.2 Å². The van der Waals surface area contributed by atoms with Crippen LogP contribution in [0.25, 0.3) is 0 Å². The molecule has 0 unspecified atom stereocenters. The van der Waals surface area contributed by atoms with Gasteiger partial charge in [-0.25, -0.2) is 18.1 Å². The van der Waals surface area contributed by atoms with Crippen LogP contribution in [0.1, 0.15) is 25.8 Å². The molecule has 10 nitrogen and oxygen atoms in total. The Labute approximate surface area is 231 Å². The molecule has 39 heavy (non-hydrogen) atoms. The maximum atomic E-state index is 12.5. The fourth-order valence-corrected chi connectivity index (χ4v) is 5.26. The molecule has 4 rings (SSSR count). The number of aromatic nitrogens is 2. The molecule has 3 N–H and O–H groups in total. The molecule has 3 aromatic rings. The quantitative estimate of drug-likeness (QED) is 0.319. The Bertz CT molecular complexity index is 1400. The number of hydrogen-bond donors (Lipinski definition) is 3. The fourth-order valence-electron chi connectivity index (χ4n) is 4.38. The fraction of sp³-hybridized carbons (Fsp3) is 0.429. The van der Waals surface area contributed by atoms with Crippen molar-refractivity contribution in [3.63, 3.8) is 0 Å². The largest absolute Gasteiger partial charge is 0.491 e. The highest BCUT2D eigenvalue weighted by molar-refractivity contribution is 7.89. The maximum absolute atomic E-state index is 12.5. The maximum Gasteiger partial charge on any atom is 0.242 e. The molecule has 0 saturated carbocycles. The van der Waals surface area contributed by atoms with Gasteiger partial charge in [0, 0.05) is 42.6 Å². The van der Waals surface area contributed by atoms with Crippen LogP contribution in [0.5, 0.6) is 5.75 Å². The molecule has 0 bridgehead atoms. The number of nitrogens with zero attached hydrogens (tertiary/aromatic N) is 4. The number of benzene rings is 2. The zero-order valence-electron chi connectivity index (χ0n) is 23.5. The monoisotopic (exact) mass is 553 g/mol. The van der Waals surface area contributed by atoms with Gasteiger partial charge in [-0.3, -0.25) is 0 Å². The Morgan fingerprint density at radius 1 is 1.13 bits per heavy atom. The van der Waals surface area contributed by atoms with Gasteiger partial charge in [0.05, 0.1) is 18.0 Å². The highest BCUT2D eigenvalue weighted by Crippen LogP contribution is 2.34. The predicted molar refractivity (Wildman–Crippen MR) is 157 cm³/mol. The van der Waals surface area contributed by atoms with Crippen LogP contribution in [0.2, 0.25) is 0 Å². The average Bonchev–Trinajstić information content (AvgIpc) is 3.41. The molecule has 0 spiro atoms. The molecule has 11 heteroatoms. The molecule has 0 aliphatic carbocycles. The van der Waals surface area contributed by atoms with Crippen LogP contribution in [-0.4, -0.2) is 70.2 Å². The Morgan fingerprint density at radius 3 is 2.59 bits per heavy atom. The van der Waals surface area contributed by atoms with Gasteiger partial charge in [-0.15, -0.1) is 0 Å². The second-order valence-corrected chi connectivity index (χ2v) is 12.3. The van der Waals surface area contributed by atoms with Gasteiger partial charge in [0.15, 0.2) is 0 Å². The van der Waals surface area contributed by atoms with E-state index in [9.17, 15) is 8.42 Å². The summed E-state index contributed by atoms with van der Waals surface area (Å²) in [6, 6.07) is 13.4. The number of ether oxygens (including phenoxy) is 1. The molecule has 1 atom stereocenters. The zero-order valence-corrected chi connectivity index (χ0v) is 24.3. The molecule has 1 saturated heterocycles. The Morgan fingerprint density at radius 2 is 1.90 bits per heavy atom. The molecule has 2 heterocycles. The number of likely N-dealkylation sites (N-methyl/N-ethyl adjacent to an activating group) is 1. The molecule has 1 aromatic heterocycles. The van der Waals surface area contributed by atoms with E-state index in [-0.39, 0.29) is 4.90 Å². The molecular weight excluding hydrogens is 514 g/mol. The van der Waals surface area contributed by atoms with Crippen molar-refractivity contribution >= 4 is 38.9 Å². The lowest BCUT2D eigenvalue weighted by atomic mass is 10.2.